The molecule has 1 aromatic rings. The average molecular weight is 249 g/mol. The van der Waals surface area contributed by atoms with E-state index in [2.05, 4.69) is 43.6 Å². The summed E-state index contributed by atoms with van der Waals surface area (Å²) in [6.45, 7) is 5.65. The van der Waals surface area contributed by atoms with E-state index in [9.17, 15) is 0 Å². The van der Waals surface area contributed by atoms with E-state index >= 15 is 0 Å². The SMILES string of the molecule is CSCC(C)CNC1CCc2ccc(C)cc21. The number of hydrogen-bond donors (Lipinski definition) is 1. The van der Waals surface area contributed by atoms with Crippen LogP contribution in [0.4, 0.5) is 0 Å². The predicted molar refractivity (Wildman–Crippen MR) is 77.8 cm³/mol. The van der Waals surface area contributed by atoms with Crippen molar-refractivity contribution in [3.05, 3.63) is 34.9 Å². The Morgan fingerprint density at radius 2 is 2.29 bits per heavy atom. The van der Waals surface area contributed by atoms with Crippen LogP contribution in [0.25, 0.3) is 0 Å². The molecule has 0 heterocycles. The van der Waals surface area contributed by atoms with Gasteiger partial charge in [0.25, 0.3) is 0 Å². The molecule has 2 rings (SSSR count). The number of fused-ring (bicyclic) bond motifs is 1. The van der Waals surface area contributed by atoms with E-state index in [0.717, 1.165) is 12.5 Å². The van der Waals surface area contributed by atoms with Crippen molar-refractivity contribution in [1.82, 2.24) is 5.32 Å². The van der Waals surface area contributed by atoms with Crippen molar-refractivity contribution in [2.75, 3.05) is 18.6 Å². The van der Waals surface area contributed by atoms with E-state index in [-0.39, 0.29) is 0 Å². The maximum atomic E-state index is 3.74. The molecule has 1 N–H and O–H groups in total. The van der Waals surface area contributed by atoms with Gasteiger partial charge in [0.2, 0.25) is 0 Å². The first-order chi connectivity index (χ1) is 8.20. The Labute approximate surface area is 109 Å². The van der Waals surface area contributed by atoms with Crippen LogP contribution in [-0.2, 0) is 6.42 Å². The fraction of sp³-hybridized carbons (Fsp3) is 0.600. The molecule has 0 radical (unpaired) electrons. The highest BCUT2D eigenvalue weighted by molar-refractivity contribution is 7.98. The van der Waals surface area contributed by atoms with E-state index in [1.54, 1.807) is 11.1 Å². The molecule has 0 amide bonds. The number of benzene rings is 1. The lowest BCUT2D eigenvalue weighted by molar-refractivity contribution is 0.475. The third-order valence-electron chi connectivity index (χ3n) is 3.54. The van der Waals surface area contributed by atoms with Crippen molar-refractivity contribution >= 4 is 11.8 Å². The van der Waals surface area contributed by atoms with Gasteiger partial charge in [0.15, 0.2) is 0 Å². The Balaban J connectivity index is 1.95. The lowest BCUT2D eigenvalue weighted by Crippen LogP contribution is -2.26. The highest BCUT2D eigenvalue weighted by atomic mass is 32.2. The molecule has 1 nitrogen and oxygen atoms in total. The summed E-state index contributed by atoms with van der Waals surface area (Å²) >= 11 is 1.94. The minimum Gasteiger partial charge on any atom is -0.310 e. The zero-order valence-corrected chi connectivity index (χ0v) is 11.9. The number of nitrogens with one attached hydrogen (secondary N) is 1. The molecule has 0 aromatic heterocycles. The summed E-state index contributed by atoms with van der Waals surface area (Å²) in [6.07, 6.45) is 4.69. The van der Waals surface area contributed by atoms with Gasteiger partial charge in [0.1, 0.15) is 0 Å². The number of rotatable bonds is 5. The van der Waals surface area contributed by atoms with Gasteiger partial charge in [-0.15, -0.1) is 0 Å². The first kappa shape index (κ1) is 13.0. The molecule has 2 unspecified atom stereocenters. The first-order valence-electron chi connectivity index (χ1n) is 6.52. The van der Waals surface area contributed by atoms with Gasteiger partial charge in [-0.3, -0.25) is 0 Å². The van der Waals surface area contributed by atoms with Crippen LogP contribution in [-0.4, -0.2) is 18.6 Å². The zero-order chi connectivity index (χ0) is 12.3. The largest absolute Gasteiger partial charge is 0.310 e. The molecule has 1 aromatic carbocycles. The molecule has 17 heavy (non-hydrogen) atoms. The molecule has 0 spiro atoms. The monoisotopic (exact) mass is 249 g/mol. The molecular formula is C15H23NS. The van der Waals surface area contributed by atoms with Crippen LogP contribution in [0, 0.1) is 12.8 Å². The van der Waals surface area contributed by atoms with E-state index < -0.39 is 0 Å². The fourth-order valence-electron chi connectivity index (χ4n) is 2.62. The number of hydrogen-bond acceptors (Lipinski definition) is 2. The second-order valence-electron chi connectivity index (χ2n) is 5.26. The second kappa shape index (κ2) is 5.92. The smallest absolute Gasteiger partial charge is 0.0326 e. The highest BCUT2D eigenvalue weighted by Crippen LogP contribution is 2.31. The molecule has 0 saturated heterocycles. The third kappa shape index (κ3) is 3.26. The number of thioether (sulfide) groups is 1. The van der Waals surface area contributed by atoms with Crippen molar-refractivity contribution in [3.8, 4) is 0 Å². The Bertz CT molecular complexity index is 375. The molecule has 1 aliphatic rings. The van der Waals surface area contributed by atoms with E-state index in [1.807, 2.05) is 11.8 Å². The van der Waals surface area contributed by atoms with Gasteiger partial charge in [-0.1, -0.05) is 30.7 Å². The summed E-state index contributed by atoms with van der Waals surface area (Å²) in [5, 5.41) is 3.74. The van der Waals surface area contributed by atoms with Crippen LogP contribution in [0.5, 0.6) is 0 Å². The minimum atomic E-state index is 0.592. The Kier molecular flexibility index (Phi) is 4.52. The zero-order valence-electron chi connectivity index (χ0n) is 11.1. The molecule has 2 atom stereocenters. The minimum absolute atomic E-state index is 0.592. The molecular weight excluding hydrogens is 226 g/mol. The van der Waals surface area contributed by atoms with E-state index in [4.69, 9.17) is 0 Å². The fourth-order valence-corrected chi connectivity index (χ4v) is 3.31. The van der Waals surface area contributed by atoms with Gasteiger partial charge in [-0.25, -0.2) is 0 Å². The average Bonchev–Trinajstić information content (AvgIpc) is 2.69. The number of aryl methyl sites for hydroxylation is 2. The topological polar surface area (TPSA) is 12.0 Å². The van der Waals surface area contributed by atoms with Crippen LogP contribution in [0.2, 0.25) is 0 Å². The standard InChI is InChI=1S/C15H23NS/c1-11-4-5-13-6-7-15(14(13)8-11)16-9-12(2)10-17-3/h4-5,8,12,15-16H,6-7,9-10H2,1-3H3. The van der Waals surface area contributed by atoms with E-state index in [1.165, 1.54) is 24.2 Å². The van der Waals surface area contributed by atoms with Crippen molar-refractivity contribution < 1.29 is 0 Å². The van der Waals surface area contributed by atoms with Gasteiger partial charge >= 0.3 is 0 Å². The second-order valence-corrected chi connectivity index (χ2v) is 6.17. The quantitative estimate of drug-likeness (QED) is 0.856. The molecule has 0 fully saturated rings. The molecule has 1 aliphatic carbocycles. The van der Waals surface area contributed by atoms with Crippen LogP contribution in [0.15, 0.2) is 18.2 Å². The summed E-state index contributed by atoms with van der Waals surface area (Å²) in [5.74, 6) is 2.01. The summed E-state index contributed by atoms with van der Waals surface area (Å²) in [6, 6.07) is 7.49. The van der Waals surface area contributed by atoms with Crippen molar-refractivity contribution in [2.24, 2.45) is 5.92 Å². The lowest BCUT2D eigenvalue weighted by atomic mass is 10.0. The predicted octanol–water partition coefficient (Wildman–Crippen LogP) is 3.57. The summed E-state index contributed by atoms with van der Waals surface area (Å²) < 4.78 is 0. The maximum absolute atomic E-state index is 3.74. The first-order valence-corrected chi connectivity index (χ1v) is 7.92. The van der Waals surface area contributed by atoms with Crippen LogP contribution >= 0.6 is 11.8 Å². The third-order valence-corrected chi connectivity index (χ3v) is 4.45. The molecule has 0 saturated carbocycles. The van der Waals surface area contributed by atoms with E-state index in [0.29, 0.717) is 6.04 Å². The molecule has 2 heteroatoms. The van der Waals surface area contributed by atoms with Gasteiger partial charge in [0, 0.05) is 6.04 Å². The van der Waals surface area contributed by atoms with Crippen molar-refractivity contribution in [1.29, 1.82) is 0 Å². The molecule has 94 valence electrons. The summed E-state index contributed by atoms with van der Waals surface area (Å²) in [7, 11) is 0. The Hall–Kier alpha value is -0.470. The van der Waals surface area contributed by atoms with Crippen molar-refractivity contribution in [2.45, 2.75) is 32.7 Å². The van der Waals surface area contributed by atoms with Crippen LogP contribution in [0.1, 0.15) is 36.1 Å². The normalized spacial score (nSPS) is 20.3. The van der Waals surface area contributed by atoms with Crippen LogP contribution in [0.3, 0.4) is 0 Å². The van der Waals surface area contributed by atoms with Crippen LogP contribution < -0.4 is 5.32 Å². The molecule has 0 bridgehead atoms. The Morgan fingerprint density at radius 3 is 3.06 bits per heavy atom. The van der Waals surface area contributed by atoms with Gasteiger partial charge < -0.3 is 5.32 Å². The van der Waals surface area contributed by atoms with Gasteiger partial charge in [-0.05, 0) is 55.4 Å². The highest BCUT2D eigenvalue weighted by Gasteiger charge is 2.22. The summed E-state index contributed by atoms with van der Waals surface area (Å²) in [4.78, 5) is 0. The Morgan fingerprint density at radius 1 is 1.47 bits per heavy atom. The van der Waals surface area contributed by atoms with Gasteiger partial charge in [-0.2, -0.15) is 11.8 Å². The maximum Gasteiger partial charge on any atom is 0.0326 e. The lowest BCUT2D eigenvalue weighted by Gasteiger charge is -2.17. The molecule has 0 aliphatic heterocycles. The summed E-state index contributed by atoms with van der Waals surface area (Å²) in [5.41, 5.74) is 4.47. The van der Waals surface area contributed by atoms with Gasteiger partial charge in [0.05, 0.1) is 0 Å². The van der Waals surface area contributed by atoms with Crippen molar-refractivity contribution in [3.63, 3.8) is 0 Å².